The summed E-state index contributed by atoms with van der Waals surface area (Å²) in [5, 5.41) is 12.4. The van der Waals surface area contributed by atoms with Crippen LogP contribution in [0.1, 0.15) is 45.4 Å². The molecular weight excluding hydrogens is 162 g/mol. The van der Waals surface area contributed by atoms with Gasteiger partial charge in [0.25, 0.3) is 0 Å². The lowest BCUT2D eigenvalue weighted by Gasteiger charge is -2.10. The number of aliphatic hydroxyl groups is 1. The second-order valence-electron chi connectivity index (χ2n) is 4.33. The summed E-state index contributed by atoms with van der Waals surface area (Å²) >= 11 is 0. The molecule has 0 radical (unpaired) electrons. The van der Waals surface area contributed by atoms with E-state index in [1.165, 1.54) is 32.1 Å². The van der Waals surface area contributed by atoms with Crippen molar-refractivity contribution in [2.45, 2.75) is 51.6 Å². The minimum absolute atomic E-state index is 0.154. The first-order valence-electron chi connectivity index (χ1n) is 5.68. The third kappa shape index (κ3) is 5.27. The fourth-order valence-corrected chi connectivity index (χ4v) is 2.04. The molecule has 0 heterocycles. The minimum Gasteiger partial charge on any atom is -0.393 e. The average molecular weight is 185 g/mol. The average Bonchev–Trinajstić information content (AvgIpc) is 2.55. The Bertz CT molecular complexity index is 119. The molecule has 2 N–H and O–H groups in total. The summed E-state index contributed by atoms with van der Waals surface area (Å²) in [6, 6.07) is 0. The highest BCUT2D eigenvalue weighted by molar-refractivity contribution is 4.68. The fourth-order valence-electron chi connectivity index (χ4n) is 2.04. The van der Waals surface area contributed by atoms with Gasteiger partial charge in [0.2, 0.25) is 0 Å². The lowest BCUT2D eigenvalue weighted by Crippen LogP contribution is -2.21. The summed E-state index contributed by atoms with van der Waals surface area (Å²) in [6.07, 6.45) is 7.83. The summed E-state index contributed by atoms with van der Waals surface area (Å²) in [7, 11) is 0. The van der Waals surface area contributed by atoms with Crippen LogP contribution >= 0.6 is 0 Å². The van der Waals surface area contributed by atoms with E-state index in [1.54, 1.807) is 0 Å². The number of rotatable bonds is 6. The second-order valence-corrected chi connectivity index (χ2v) is 4.33. The standard InChI is InChI=1S/C11H23NO/c1-10(13)6-8-12-9-7-11-4-2-3-5-11/h10-13H,2-9H2,1H3. The Hall–Kier alpha value is -0.0800. The molecule has 0 aromatic rings. The Labute approximate surface area is 81.7 Å². The molecule has 2 heteroatoms. The third-order valence-electron chi connectivity index (χ3n) is 2.94. The molecular formula is C11H23NO. The predicted octanol–water partition coefficient (Wildman–Crippen LogP) is 1.93. The Morgan fingerprint density at radius 1 is 1.31 bits per heavy atom. The maximum absolute atomic E-state index is 9.02. The van der Waals surface area contributed by atoms with E-state index in [2.05, 4.69) is 5.32 Å². The third-order valence-corrected chi connectivity index (χ3v) is 2.94. The molecule has 1 unspecified atom stereocenters. The molecule has 0 saturated heterocycles. The quantitative estimate of drug-likeness (QED) is 0.620. The summed E-state index contributed by atoms with van der Waals surface area (Å²) in [5.41, 5.74) is 0. The maximum Gasteiger partial charge on any atom is 0.0524 e. The zero-order valence-corrected chi connectivity index (χ0v) is 8.76. The SMILES string of the molecule is CC(O)CCNCCC1CCCC1. The highest BCUT2D eigenvalue weighted by Gasteiger charge is 2.13. The summed E-state index contributed by atoms with van der Waals surface area (Å²) < 4.78 is 0. The van der Waals surface area contributed by atoms with Crippen molar-refractivity contribution in [1.82, 2.24) is 5.32 Å². The Balaban J connectivity index is 1.83. The van der Waals surface area contributed by atoms with Crippen LogP contribution in [-0.2, 0) is 0 Å². The molecule has 0 aromatic heterocycles. The first-order chi connectivity index (χ1) is 6.29. The highest BCUT2D eigenvalue weighted by atomic mass is 16.3. The van der Waals surface area contributed by atoms with Crippen molar-refractivity contribution in [2.75, 3.05) is 13.1 Å². The van der Waals surface area contributed by atoms with Crippen molar-refractivity contribution < 1.29 is 5.11 Å². The van der Waals surface area contributed by atoms with Gasteiger partial charge in [-0.2, -0.15) is 0 Å². The molecule has 0 bridgehead atoms. The van der Waals surface area contributed by atoms with Crippen molar-refractivity contribution in [2.24, 2.45) is 5.92 Å². The van der Waals surface area contributed by atoms with Gasteiger partial charge in [-0.15, -0.1) is 0 Å². The molecule has 78 valence electrons. The van der Waals surface area contributed by atoms with Gasteiger partial charge in [0.1, 0.15) is 0 Å². The first-order valence-corrected chi connectivity index (χ1v) is 5.68. The van der Waals surface area contributed by atoms with E-state index in [0.29, 0.717) is 0 Å². The Morgan fingerprint density at radius 3 is 2.62 bits per heavy atom. The summed E-state index contributed by atoms with van der Waals surface area (Å²) in [5.74, 6) is 0.985. The van der Waals surface area contributed by atoms with Crippen LogP contribution < -0.4 is 5.32 Å². The molecule has 1 aliphatic rings. The van der Waals surface area contributed by atoms with Gasteiger partial charge in [0, 0.05) is 0 Å². The summed E-state index contributed by atoms with van der Waals surface area (Å²) in [6.45, 7) is 3.94. The molecule has 1 rings (SSSR count). The fraction of sp³-hybridized carbons (Fsp3) is 1.00. The molecule has 2 nitrogen and oxygen atoms in total. The smallest absolute Gasteiger partial charge is 0.0524 e. The van der Waals surface area contributed by atoms with Crippen molar-refractivity contribution in [3.63, 3.8) is 0 Å². The molecule has 1 aliphatic carbocycles. The van der Waals surface area contributed by atoms with Crippen LogP contribution in [0.5, 0.6) is 0 Å². The van der Waals surface area contributed by atoms with Gasteiger partial charge in [-0.1, -0.05) is 25.7 Å². The van der Waals surface area contributed by atoms with E-state index in [-0.39, 0.29) is 6.10 Å². The molecule has 13 heavy (non-hydrogen) atoms. The van der Waals surface area contributed by atoms with E-state index in [0.717, 1.165) is 25.4 Å². The summed E-state index contributed by atoms with van der Waals surface area (Å²) in [4.78, 5) is 0. The van der Waals surface area contributed by atoms with Gasteiger partial charge in [-0.3, -0.25) is 0 Å². The van der Waals surface area contributed by atoms with Crippen LogP contribution in [0.4, 0.5) is 0 Å². The zero-order chi connectivity index (χ0) is 9.52. The van der Waals surface area contributed by atoms with E-state index in [1.807, 2.05) is 6.92 Å². The van der Waals surface area contributed by atoms with Crippen LogP contribution in [0.15, 0.2) is 0 Å². The molecule has 1 atom stereocenters. The predicted molar refractivity (Wildman–Crippen MR) is 55.7 cm³/mol. The van der Waals surface area contributed by atoms with Crippen LogP contribution in [-0.4, -0.2) is 24.3 Å². The largest absolute Gasteiger partial charge is 0.393 e. The second kappa shape index (κ2) is 6.39. The monoisotopic (exact) mass is 185 g/mol. The molecule has 0 aromatic carbocycles. The lowest BCUT2D eigenvalue weighted by atomic mass is 10.0. The van der Waals surface area contributed by atoms with Crippen LogP contribution in [0.2, 0.25) is 0 Å². The van der Waals surface area contributed by atoms with Crippen molar-refractivity contribution >= 4 is 0 Å². The topological polar surface area (TPSA) is 32.3 Å². The van der Waals surface area contributed by atoms with E-state index in [4.69, 9.17) is 5.11 Å². The Kier molecular flexibility index (Phi) is 5.40. The molecule has 0 aliphatic heterocycles. The number of nitrogens with one attached hydrogen (secondary N) is 1. The molecule has 1 fully saturated rings. The number of hydrogen-bond donors (Lipinski definition) is 2. The van der Waals surface area contributed by atoms with E-state index < -0.39 is 0 Å². The lowest BCUT2D eigenvalue weighted by molar-refractivity contribution is 0.183. The van der Waals surface area contributed by atoms with Crippen LogP contribution in [0, 0.1) is 5.92 Å². The van der Waals surface area contributed by atoms with Crippen LogP contribution in [0.25, 0.3) is 0 Å². The van der Waals surface area contributed by atoms with E-state index in [9.17, 15) is 0 Å². The first kappa shape index (κ1) is 11.0. The van der Waals surface area contributed by atoms with Gasteiger partial charge in [0.15, 0.2) is 0 Å². The molecule has 0 spiro atoms. The Morgan fingerprint density at radius 2 is 2.00 bits per heavy atom. The number of hydrogen-bond acceptors (Lipinski definition) is 2. The van der Waals surface area contributed by atoms with Gasteiger partial charge >= 0.3 is 0 Å². The minimum atomic E-state index is -0.154. The van der Waals surface area contributed by atoms with Crippen LogP contribution in [0.3, 0.4) is 0 Å². The van der Waals surface area contributed by atoms with Gasteiger partial charge in [-0.25, -0.2) is 0 Å². The van der Waals surface area contributed by atoms with E-state index >= 15 is 0 Å². The van der Waals surface area contributed by atoms with Crippen molar-refractivity contribution in [3.05, 3.63) is 0 Å². The zero-order valence-electron chi connectivity index (χ0n) is 8.76. The highest BCUT2D eigenvalue weighted by Crippen LogP contribution is 2.26. The molecule has 0 amide bonds. The van der Waals surface area contributed by atoms with Gasteiger partial charge in [-0.05, 0) is 38.8 Å². The van der Waals surface area contributed by atoms with Gasteiger partial charge in [0.05, 0.1) is 6.10 Å². The maximum atomic E-state index is 9.02. The number of aliphatic hydroxyl groups excluding tert-OH is 1. The molecule has 1 saturated carbocycles. The van der Waals surface area contributed by atoms with Gasteiger partial charge < -0.3 is 10.4 Å². The van der Waals surface area contributed by atoms with Crippen molar-refractivity contribution in [3.8, 4) is 0 Å². The van der Waals surface area contributed by atoms with Crippen molar-refractivity contribution in [1.29, 1.82) is 0 Å². The normalized spacial score (nSPS) is 20.8.